The van der Waals surface area contributed by atoms with Gasteiger partial charge < -0.3 is 15.2 Å². The Hall–Kier alpha value is -0.900. The van der Waals surface area contributed by atoms with E-state index in [2.05, 4.69) is 45.0 Å². The number of aryl methyl sites for hydroxylation is 1. The minimum absolute atomic E-state index is 0.0117. The lowest BCUT2D eigenvalue weighted by atomic mass is 10.0. The predicted molar refractivity (Wildman–Crippen MR) is 77.1 cm³/mol. The van der Waals surface area contributed by atoms with E-state index in [4.69, 9.17) is 15.2 Å². The topological polar surface area (TPSA) is 44.5 Å². The highest BCUT2D eigenvalue weighted by molar-refractivity contribution is 5.24. The highest BCUT2D eigenvalue weighted by atomic mass is 16.5. The van der Waals surface area contributed by atoms with E-state index < -0.39 is 0 Å². The van der Waals surface area contributed by atoms with Gasteiger partial charge in [0.1, 0.15) is 0 Å². The second-order valence-electron chi connectivity index (χ2n) is 5.63. The fourth-order valence-corrected chi connectivity index (χ4v) is 2.83. The Labute approximate surface area is 116 Å². The number of nitrogens with two attached hydrogens (primary N) is 1. The maximum atomic E-state index is 6.22. The van der Waals surface area contributed by atoms with Crippen LogP contribution in [-0.2, 0) is 9.47 Å². The van der Waals surface area contributed by atoms with Crippen molar-refractivity contribution in [2.75, 3.05) is 6.54 Å². The van der Waals surface area contributed by atoms with Gasteiger partial charge in [0.25, 0.3) is 0 Å². The summed E-state index contributed by atoms with van der Waals surface area (Å²) in [6.07, 6.45) is 2.67. The molecule has 1 saturated heterocycles. The monoisotopic (exact) mass is 263 g/mol. The van der Waals surface area contributed by atoms with E-state index in [9.17, 15) is 0 Å². The molecule has 1 heterocycles. The lowest BCUT2D eigenvalue weighted by Gasteiger charge is -2.34. The highest BCUT2D eigenvalue weighted by Crippen LogP contribution is 2.27. The molecule has 0 aliphatic carbocycles. The molecular formula is C16H25NO2. The van der Waals surface area contributed by atoms with Crippen LogP contribution in [0.15, 0.2) is 24.3 Å². The largest absolute Gasteiger partial charge is 0.375 e. The molecule has 1 aliphatic rings. The van der Waals surface area contributed by atoms with Crippen molar-refractivity contribution in [2.24, 2.45) is 5.73 Å². The van der Waals surface area contributed by atoms with Gasteiger partial charge in [-0.05, 0) is 39.2 Å². The van der Waals surface area contributed by atoms with E-state index in [0.29, 0.717) is 6.54 Å². The van der Waals surface area contributed by atoms with Crippen molar-refractivity contribution >= 4 is 0 Å². The third kappa shape index (κ3) is 4.03. The van der Waals surface area contributed by atoms with Crippen LogP contribution in [0.5, 0.6) is 0 Å². The van der Waals surface area contributed by atoms with Crippen LogP contribution in [0.4, 0.5) is 0 Å². The lowest BCUT2D eigenvalue weighted by molar-refractivity contribution is -0.120. The maximum Gasteiger partial charge on any atom is 0.0950 e. The zero-order valence-corrected chi connectivity index (χ0v) is 12.1. The predicted octanol–water partition coefficient (Wildman–Crippen LogP) is 2.97. The third-order valence-corrected chi connectivity index (χ3v) is 3.64. The smallest absolute Gasteiger partial charge is 0.0950 e. The molecule has 1 aromatic rings. The molecule has 3 heteroatoms. The Kier molecular flexibility index (Phi) is 4.97. The van der Waals surface area contributed by atoms with Crippen LogP contribution in [0, 0.1) is 6.92 Å². The van der Waals surface area contributed by atoms with E-state index in [0.717, 1.165) is 12.8 Å². The maximum absolute atomic E-state index is 6.22. The van der Waals surface area contributed by atoms with Crippen molar-refractivity contribution in [1.82, 2.24) is 0 Å². The Morgan fingerprint density at radius 2 is 2.00 bits per heavy atom. The zero-order valence-electron chi connectivity index (χ0n) is 12.1. The number of benzene rings is 1. The van der Waals surface area contributed by atoms with Crippen molar-refractivity contribution in [2.45, 2.75) is 58.0 Å². The molecule has 1 aromatic carbocycles. The average Bonchev–Trinajstić information content (AvgIpc) is 2.34. The third-order valence-electron chi connectivity index (χ3n) is 3.64. The fraction of sp³-hybridized carbons (Fsp3) is 0.625. The Balaban J connectivity index is 2.02. The summed E-state index contributed by atoms with van der Waals surface area (Å²) in [7, 11) is 0. The molecule has 19 heavy (non-hydrogen) atoms. The summed E-state index contributed by atoms with van der Waals surface area (Å²) in [6, 6.07) is 8.40. The van der Waals surface area contributed by atoms with E-state index >= 15 is 0 Å². The first-order valence-corrected chi connectivity index (χ1v) is 7.16. The standard InChI is InChI=1S/C16H25NO2/c1-11-5-4-6-14(7-11)16(10-17)19-15-8-12(2)18-13(3)9-15/h4-7,12-13,15-16H,8-10,17H2,1-3H3. The van der Waals surface area contributed by atoms with E-state index in [1.54, 1.807) is 0 Å². The molecule has 1 fully saturated rings. The second kappa shape index (κ2) is 6.51. The molecule has 0 amide bonds. The van der Waals surface area contributed by atoms with E-state index in [1.807, 2.05) is 0 Å². The summed E-state index contributed by atoms with van der Waals surface area (Å²) in [5.74, 6) is 0. The number of hydrogen-bond donors (Lipinski definition) is 1. The SMILES string of the molecule is Cc1cccc(C(CN)OC2CC(C)OC(C)C2)c1. The quantitative estimate of drug-likeness (QED) is 0.908. The Morgan fingerprint density at radius 1 is 1.32 bits per heavy atom. The molecule has 0 spiro atoms. The summed E-state index contributed by atoms with van der Waals surface area (Å²) in [5, 5.41) is 0. The van der Waals surface area contributed by atoms with Crippen LogP contribution in [-0.4, -0.2) is 24.9 Å². The summed E-state index contributed by atoms with van der Waals surface area (Å²) >= 11 is 0. The molecule has 1 aliphatic heterocycles. The summed E-state index contributed by atoms with van der Waals surface area (Å²) < 4.78 is 12.0. The summed E-state index contributed by atoms with van der Waals surface area (Å²) in [4.78, 5) is 0. The van der Waals surface area contributed by atoms with Crippen molar-refractivity contribution in [3.8, 4) is 0 Å². The van der Waals surface area contributed by atoms with Gasteiger partial charge in [-0.3, -0.25) is 0 Å². The van der Waals surface area contributed by atoms with Crippen molar-refractivity contribution in [3.05, 3.63) is 35.4 Å². The second-order valence-corrected chi connectivity index (χ2v) is 5.63. The molecule has 0 bridgehead atoms. The summed E-state index contributed by atoms with van der Waals surface area (Å²) in [5.41, 5.74) is 8.30. The Bertz CT molecular complexity index is 397. The van der Waals surface area contributed by atoms with Gasteiger partial charge in [0.05, 0.1) is 24.4 Å². The van der Waals surface area contributed by atoms with Crippen LogP contribution in [0.1, 0.15) is 43.9 Å². The van der Waals surface area contributed by atoms with Crippen molar-refractivity contribution < 1.29 is 9.47 Å². The lowest BCUT2D eigenvalue weighted by Crippen LogP contribution is -2.35. The molecule has 3 unspecified atom stereocenters. The molecule has 2 N–H and O–H groups in total. The zero-order chi connectivity index (χ0) is 13.8. The number of ether oxygens (including phenoxy) is 2. The van der Waals surface area contributed by atoms with Gasteiger partial charge in [0, 0.05) is 6.54 Å². The van der Waals surface area contributed by atoms with Crippen LogP contribution in [0.25, 0.3) is 0 Å². The van der Waals surface area contributed by atoms with Crippen LogP contribution in [0.2, 0.25) is 0 Å². The van der Waals surface area contributed by atoms with Crippen LogP contribution < -0.4 is 5.73 Å². The first-order chi connectivity index (χ1) is 9.08. The molecule has 0 radical (unpaired) electrons. The number of hydrogen-bond acceptors (Lipinski definition) is 3. The van der Waals surface area contributed by atoms with E-state index in [1.165, 1.54) is 11.1 Å². The molecule has 2 rings (SSSR count). The van der Waals surface area contributed by atoms with Crippen LogP contribution >= 0.6 is 0 Å². The molecule has 3 nitrogen and oxygen atoms in total. The van der Waals surface area contributed by atoms with Crippen molar-refractivity contribution in [3.63, 3.8) is 0 Å². The van der Waals surface area contributed by atoms with Gasteiger partial charge in [-0.15, -0.1) is 0 Å². The Morgan fingerprint density at radius 3 is 2.58 bits per heavy atom. The van der Waals surface area contributed by atoms with Gasteiger partial charge in [0.15, 0.2) is 0 Å². The minimum Gasteiger partial charge on any atom is -0.375 e. The summed E-state index contributed by atoms with van der Waals surface area (Å²) in [6.45, 7) is 6.82. The normalized spacial score (nSPS) is 29.2. The van der Waals surface area contributed by atoms with Crippen LogP contribution in [0.3, 0.4) is 0 Å². The van der Waals surface area contributed by atoms with Gasteiger partial charge in [0.2, 0.25) is 0 Å². The first kappa shape index (κ1) is 14.5. The van der Waals surface area contributed by atoms with Gasteiger partial charge in [-0.25, -0.2) is 0 Å². The molecule has 0 aromatic heterocycles. The molecule has 106 valence electrons. The van der Waals surface area contributed by atoms with Crippen molar-refractivity contribution in [1.29, 1.82) is 0 Å². The average molecular weight is 263 g/mol. The molecule has 3 atom stereocenters. The molecule has 0 saturated carbocycles. The number of rotatable bonds is 4. The van der Waals surface area contributed by atoms with Gasteiger partial charge in [-0.2, -0.15) is 0 Å². The minimum atomic E-state index is -0.0117. The fourth-order valence-electron chi connectivity index (χ4n) is 2.83. The molecular weight excluding hydrogens is 238 g/mol. The van der Waals surface area contributed by atoms with Gasteiger partial charge in [-0.1, -0.05) is 29.8 Å². The van der Waals surface area contributed by atoms with E-state index in [-0.39, 0.29) is 24.4 Å². The highest BCUT2D eigenvalue weighted by Gasteiger charge is 2.27. The van der Waals surface area contributed by atoms with Gasteiger partial charge >= 0.3 is 0 Å². The first-order valence-electron chi connectivity index (χ1n) is 7.16.